The molecule has 1 N–H and O–H groups in total. The summed E-state index contributed by atoms with van der Waals surface area (Å²) >= 11 is 0. The van der Waals surface area contributed by atoms with Crippen LogP contribution in [0.15, 0.2) is 24.5 Å². The fourth-order valence-corrected chi connectivity index (χ4v) is 1.11. The van der Waals surface area contributed by atoms with Crippen LogP contribution in [0, 0.1) is 0 Å². The molecular weight excluding hydrogens is 263 g/mol. The lowest BCUT2D eigenvalue weighted by Crippen LogP contribution is -2.19. The minimum absolute atomic E-state index is 0. The summed E-state index contributed by atoms with van der Waals surface area (Å²) in [7, 11) is 3.97. The number of aromatic nitrogens is 1. The van der Waals surface area contributed by atoms with Crippen molar-refractivity contribution in [3.8, 4) is 0 Å². The highest BCUT2D eigenvalue weighted by Gasteiger charge is 2.06. The van der Waals surface area contributed by atoms with Crippen molar-refractivity contribution in [3.63, 3.8) is 0 Å². The third kappa shape index (κ3) is 8.35. The van der Waals surface area contributed by atoms with Crippen molar-refractivity contribution in [2.24, 2.45) is 0 Å². The maximum atomic E-state index is 9.71. The number of halogens is 2. The fraction of sp³-hybridized carbons (Fsp3) is 0.545. The molecule has 1 heterocycles. The zero-order valence-electron chi connectivity index (χ0n) is 10.1. The topological polar surface area (TPSA) is 45.6 Å². The summed E-state index contributed by atoms with van der Waals surface area (Å²) in [5.41, 5.74) is 0.794. The molecule has 0 saturated heterocycles. The number of pyridine rings is 1. The Morgan fingerprint density at radius 3 is 2.65 bits per heavy atom. The Morgan fingerprint density at radius 2 is 2.12 bits per heavy atom. The molecule has 1 rings (SSSR count). The summed E-state index contributed by atoms with van der Waals surface area (Å²) in [5.74, 6) is 0. The van der Waals surface area contributed by atoms with E-state index in [4.69, 9.17) is 4.74 Å². The highest BCUT2D eigenvalue weighted by Crippen LogP contribution is 2.10. The minimum atomic E-state index is -0.583. The van der Waals surface area contributed by atoms with Crippen LogP contribution in [0.4, 0.5) is 0 Å². The molecule has 0 fully saturated rings. The molecule has 17 heavy (non-hydrogen) atoms. The van der Waals surface area contributed by atoms with Crippen LogP contribution in [0.3, 0.4) is 0 Å². The molecule has 100 valence electrons. The summed E-state index contributed by atoms with van der Waals surface area (Å²) in [6.07, 6.45) is 2.75. The number of hydrogen-bond donors (Lipinski definition) is 1. The Morgan fingerprint density at radius 1 is 1.41 bits per heavy atom. The van der Waals surface area contributed by atoms with Gasteiger partial charge in [-0.05, 0) is 20.2 Å². The van der Waals surface area contributed by atoms with E-state index in [9.17, 15) is 5.11 Å². The van der Waals surface area contributed by atoms with Crippen molar-refractivity contribution in [2.45, 2.75) is 6.10 Å². The molecule has 1 unspecified atom stereocenters. The van der Waals surface area contributed by atoms with Gasteiger partial charge >= 0.3 is 0 Å². The van der Waals surface area contributed by atoms with Gasteiger partial charge in [0.25, 0.3) is 0 Å². The molecule has 4 nitrogen and oxygen atoms in total. The molecule has 0 saturated carbocycles. The van der Waals surface area contributed by atoms with Crippen molar-refractivity contribution in [3.05, 3.63) is 30.1 Å². The summed E-state index contributed by atoms with van der Waals surface area (Å²) in [6, 6.07) is 3.64. The molecular formula is C11H20Cl2N2O2. The number of nitrogens with zero attached hydrogens (tertiary/aromatic N) is 2. The lowest BCUT2D eigenvalue weighted by Gasteiger charge is -2.13. The van der Waals surface area contributed by atoms with Crippen LogP contribution in [0.2, 0.25) is 0 Å². The van der Waals surface area contributed by atoms with Crippen molar-refractivity contribution >= 4 is 24.8 Å². The van der Waals surface area contributed by atoms with Crippen molar-refractivity contribution in [1.29, 1.82) is 0 Å². The van der Waals surface area contributed by atoms with Crippen LogP contribution < -0.4 is 0 Å². The first-order valence-corrected chi connectivity index (χ1v) is 5.00. The Hall–Kier alpha value is -0.390. The van der Waals surface area contributed by atoms with E-state index >= 15 is 0 Å². The van der Waals surface area contributed by atoms with Gasteiger partial charge in [-0.15, -0.1) is 24.8 Å². The highest BCUT2D eigenvalue weighted by molar-refractivity contribution is 5.85. The predicted molar refractivity (Wildman–Crippen MR) is 73.1 cm³/mol. The molecule has 0 spiro atoms. The van der Waals surface area contributed by atoms with Crippen LogP contribution in [-0.4, -0.2) is 48.8 Å². The number of ether oxygens (including phenoxy) is 1. The van der Waals surface area contributed by atoms with Gasteiger partial charge in [-0.1, -0.05) is 6.07 Å². The van der Waals surface area contributed by atoms with Crippen LogP contribution >= 0.6 is 24.8 Å². The first-order chi connectivity index (χ1) is 7.20. The number of aliphatic hydroxyl groups excluding tert-OH is 1. The van der Waals surface area contributed by atoms with Gasteiger partial charge in [-0.3, -0.25) is 4.98 Å². The van der Waals surface area contributed by atoms with E-state index < -0.39 is 6.10 Å². The Labute approximate surface area is 115 Å². The van der Waals surface area contributed by atoms with Crippen molar-refractivity contribution in [1.82, 2.24) is 9.88 Å². The minimum Gasteiger partial charge on any atom is -0.386 e. The molecule has 0 aromatic carbocycles. The average Bonchev–Trinajstić information content (AvgIpc) is 2.25. The molecule has 0 aliphatic heterocycles. The van der Waals surface area contributed by atoms with E-state index in [0.29, 0.717) is 13.2 Å². The zero-order chi connectivity index (χ0) is 11.1. The fourth-order valence-electron chi connectivity index (χ4n) is 1.11. The third-order valence-corrected chi connectivity index (χ3v) is 2.03. The Kier molecular flexibility index (Phi) is 12.0. The maximum Gasteiger partial charge on any atom is 0.104 e. The normalized spacial score (nSPS) is 11.5. The molecule has 0 amide bonds. The van der Waals surface area contributed by atoms with Crippen LogP contribution in [-0.2, 0) is 4.74 Å². The predicted octanol–water partition coefficient (Wildman–Crippen LogP) is 1.54. The smallest absolute Gasteiger partial charge is 0.104 e. The molecule has 1 aromatic heterocycles. The monoisotopic (exact) mass is 282 g/mol. The van der Waals surface area contributed by atoms with E-state index in [1.165, 1.54) is 0 Å². The van der Waals surface area contributed by atoms with Crippen LogP contribution in [0.25, 0.3) is 0 Å². The number of aliphatic hydroxyl groups is 1. The number of likely N-dealkylation sites (N-methyl/N-ethyl adjacent to an activating group) is 1. The zero-order valence-corrected chi connectivity index (χ0v) is 11.7. The van der Waals surface area contributed by atoms with Gasteiger partial charge in [0, 0.05) is 24.5 Å². The average molecular weight is 283 g/mol. The van der Waals surface area contributed by atoms with Crippen LogP contribution in [0.5, 0.6) is 0 Å². The standard InChI is InChI=1S/C11H18N2O2.2ClH/c1-13(2)6-7-15-9-11(14)10-4-3-5-12-8-10;;/h3-5,8,11,14H,6-7,9H2,1-2H3;2*1H. The summed E-state index contributed by atoms with van der Waals surface area (Å²) in [5, 5.41) is 9.71. The quantitative estimate of drug-likeness (QED) is 0.804. The lowest BCUT2D eigenvalue weighted by atomic mass is 10.2. The number of rotatable bonds is 6. The van der Waals surface area contributed by atoms with E-state index in [0.717, 1.165) is 12.1 Å². The van der Waals surface area contributed by atoms with Gasteiger partial charge in [-0.2, -0.15) is 0 Å². The van der Waals surface area contributed by atoms with Gasteiger partial charge < -0.3 is 14.7 Å². The van der Waals surface area contributed by atoms with E-state index in [1.54, 1.807) is 18.5 Å². The molecule has 0 aliphatic rings. The second-order valence-electron chi connectivity index (χ2n) is 3.68. The van der Waals surface area contributed by atoms with Gasteiger partial charge in [-0.25, -0.2) is 0 Å². The molecule has 6 heteroatoms. The van der Waals surface area contributed by atoms with Gasteiger partial charge in [0.2, 0.25) is 0 Å². The summed E-state index contributed by atoms with van der Waals surface area (Å²) < 4.78 is 5.34. The van der Waals surface area contributed by atoms with Gasteiger partial charge in [0.05, 0.1) is 13.2 Å². The van der Waals surface area contributed by atoms with E-state index in [2.05, 4.69) is 4.98 Å². The van der Waals surface area contributed by atoms with Crippen molar-refractivity contribution < 1.29 is 9.84 Å². The van der Waals surface area contributed by atoms with Crippen molar-refractivity contribution in [2.75, 3.05) is 33.9 Å². The second-order valence-corrected chi connectivity index (χ2v) is 3.68. The number of hydrogen-bond acceptors (Lipinski definition) is 4. The first-order valence-electron chi connectivity index (χ1n) is 5.00. The second kappa shape index (κ2) is 10.7. The van der Waals surface area contributed by atoms with Crippen LogP contribution in [0.1, 0.15) is 11.7 Å². The molecule has 0 bridgehead atoms. The largest absolute Gasteiger partial charge is 0.386 e. The Balaban J connectivity index is 0. The van der Waals surface area contributed by atoms with E-state index in [1.807, 2.05) is 25.1 Å². The SMILES string of the molecule is CN(C)CCOCC(O)c1cccnc1.Cl.Cl. The highest BCUT2D eigenvalue weighted by atomic mass is 35.5. The molecule has 0 radical (unpaired) electrons. The maximum absolute atomic E-state index is 9.71. The Bertz CT molecular complexity index is 273. The van der Waals surface area contributed by atoms with Gasteiger partial charge in [0.15, 0.2) is 0 Å². The van der Waals surface area contributed by atoms with Gasteiger partial charge in [0.1, 0.15) is 6.10 Å². The first kappa shape index (κ1) is 19.0. The summed E-state index contributed by atoms with van der Waals surface area (Å²) in [6.45, 7) is 1.81. The molecule has 1 aromatic rings. The van der Waals surface area contributed by atoms with E-state index in [-0.39, 0.29) is 24.8 Å². The third-order valence-electron chi connectivity index (χ3n) is 2.03. The molecule has 0 aliphatic carbocycles. The lowest BCUT2D eigenvalue weighted by molar-refractivity contribution is 0.0305. The summed E-state index contributed by atoms with van der Waals surface area (Å²) in [4.78, 5) is 5.98. The molecule has 1 atom stereocenters.